The lowest BCUT2D eigenvalue weighted by atomic mass is 9.82. The molecule has 10 rings (SSSR count). The van der Waals surface area contributed by atoms with E-state index in [1.54, 1.807) is 0 Å². The van der Waals surface area contributed by atoms with Gasteiger partial charge in [0.1, 0.15) is 16.7 Å². The molecule has 238 valence electrons. The Balaban J connectivity index is 1.14. The van der Waals surface area contributed by atoms with Crippen LogP contribution in [0, 0.1) is 0 Å². The van der Waals surface area contributed by atoms with Crippen molar-refractivity contribution in [3.05, 3.63) is 169 Å². The zero-order valence-corrected chi connectivity index (χ0v) is 27.7. The number of hydrogen-bond donors (Lipinski definition) is 0. The van der Waals surface area contributed by atoms with Crippen molar-refractivity contribution < 1.29 is 8.83 Å². The van der Waals surface area contributed by atoms with Crippen LogP contribution in [0.4, 0.5) is 17.1 Å². The fourth-order valence-corrected chi connectivity index (χ4v) is 7.83. The van der Waals surface area contributed by atoms with Crippen molar-refractivity contribution in [3.8, 4) is 33.7 Å². The molecule has 9 aromatic rings. The quantitative estimate of drug-likeness (QED) is 0.187. The van der Waals surface area contributed by atoms with E-state index in [1.807, 2.05) is 36.4 Å². The average Bonchev–Trinajstić information content (AvgIpc) is 3.83. The van der Waals surface area contributed by atoms with E-state index < -0.39 is 0 Å². The van der Waals surface area contributed by atoms with Crippen LogP contribution in [0.5, 0.6) is 0 Å². The third-order valence-corrected chi connectivity index (χ3v) is 10.3. The smallest absolute Gasteiger partial charge is 0.228 e. The van der Waals surface area contributed by atoms with Crippen molar-refractivity contribution in [1.82, 2.24) is 4.98 Å². The number of fused-ring (bicyclic) bond motifs is 7. The Morgan fingerprint density at radius 2 is 1.14 bits per heavy atom. The van der Waals surface area contributed by atoms with Gasteiger partial charge in [-0.3, -0.25) is 0 Å². The van der Waals surface area contributed by atoms with Crippen molar-refractivity contribution in [3.63, 3.8) is 0 Å². The summed E-state index contributed by atoms with van der Waals surface area (Å²) in [6.07, 6.45) is 0. The molecule has 4 heteroatoms. The summed E-state index contributed by atoms with van der Waals surface area (Å²) in [5, 5.41) is 2.02. The van der Waals surface area contributed by atoms with Crippen LogP contribution >= 0.6 is 0 Å². The molecule has 0 saturated carbocycles. The first kappa shape index (κ1) is 28.6. The summed E-state index contributed by atoms with van der Waals surface area (Å²) in [5.74, 6) is 0.588. The number of furan rings is 1. The number of nitrogens with zero attached hydrogens (tertiary/aromatic N) is 2. The highest BCUT2D eigenvalue weighted by molar-refractivity contribution is 6.12. The van der Waals surface area contributed by atoms with Gasteiger partial charge in [-0.25, -0.2) is 4.98 Å². The molecule has 0 atom stereocenters. The maximum absolute atomic E-state index is 6.58. The fourth-order valence-electron chi connectivity index (χ4n) is 7.83. The second-order valence-corrected chi connectivity index (χ2v) is 13.6. The minimum absolute atomic E-state index is 0.117. The van der Waals surface area contributed by atoms with E-state index >= 15 is 0 Å². The van der Waals surface area contributed by atoms with Gasteiger partial charge in [0.15, 0.2) is 5.58 Å². The van der Waals surface area contributed by atoms with Gasteiger partial charge in [-0.15, -0.1) is 0 Å². The van der Waals surface area contributed by atoms with Gasteiger partial charge in [0.2, 0.25) is 5.89 Å². The molecule has 0 bridgehead atoms. The van der Waals surface area contributed by atoms with Crippen molar-refractivity contribution in [2.24, 2.45) is 0 Å². The van der Waals surface area contributed by atoms with Gasteiger partial charge < -0.3 is 13.7 Å². The molecule has 0 aliphatic heterocycles. The van der Waals surface area contributed by atoms with Gasteiger partial charge in [-0.1, -0.05) is 105 Å². The minimum atomic E-state index is -0.117. The van der Waals surface area contributed by atoms with Gasteiger partial charge in [-0.05, 0) is 94.0 Å². The highest BCUT2D eigenvalue weighted by Crippen LogP contribution is 2.51. The van der Waals surface area contributed by atoms with E-state index in [1.165, 1.54) is 33.4 Å². The number of hydrogen-bond acceptors (Lipinski definition) is 4. The summed E-state index contributed by atoms with van der Waals surface area (Å²) in [4.78, 5) is 7.15. The Morgan fingerprint density at radius 3 is 2.00 bits per heavy atom. The van der Waals surface area contributed by atoms with Crippen LogP contribution in [0.2, 0.25) is 0 Å². The molecule has 2 aromatic heterocycles. The van der Waals surface area contributed by atoms with Crippen LogP contribution in [0.3, 0.4) is 0 Å². The Bertz CT molecular complexity index is 2700. The Morgan fingerprint density at radius 1 is 0.480 bits per heavy atom. The predicted molar refractivity (Wildman–Crippen MR) is 204 cm³/mol. The van der Waals surface area contributed by atoms with Crippen molar-refractivity contribution in [1.29, 1.82) is 0 Å². The van der Waals surface area contributed by atoms with Gasteiger partial charge in [0, 0.05) is 44.9 Å². The highest BCUT2D eigenvalue weighted by Gasteiger charge is 2.35. The Labute approximate surface area is 289 Å². The largest absolute Gasteiger partial charge is 0.456 e. The first-order valence-electron chi connectivity index (χ1n) is 17.0. The zero-order chi connectivity index (χ0) is 33.4. The van der Waals surface area contributed by atoms with E-state index in [-0.39, 0.29) is 5.41 Å². The van der Waals surface area contributed by atoms with Crippen molar-refractivity contribution >= 4 is 50.1 Å². The van der Waals surface area contributed by atoms with Crippen LogP contribution in [0.25, 0.3) is 66.7 Å². The topological polar surface area (TPSA) is 42.4 Å². The molecular weight excluding hydrogens is 613 g/mol. The third kappa shape index (κ3) is 4.35. The van der Waals surface area contributed by atoms with Gasteiger partial charge in [-0.2, -0.15) is 0 Å². The van der Waals surface area contributed by atoms with E-state index in [9.17, 15) is 0 Å². The molecule has 0 N–H and O–H groups in total. The second-order valence-electron chi connectivity index (χ2n) is 13.6. The molecule has 0 saturated heterocycles. The maximum atomic E-state index is 6.58. The molecule has 1 aliphatic rings. The van der Waals surface area contributed by atoms with E-state index in [0.29, 0.717) is 5.89 Å². The normalized spacial score (nSPS) is 13.2. The van der Waals surface area contributed by atoms with Crippen LogP contribution in [0.1, 0.15) is 25.0 Å². The van der Waals surface area contributed by atoms with Gasteiger partial charge in [0.05, 0.1) is 0 Å². The zero-order valence-electron chi connectivity index (χ0n) is 27.7. The first-order chi connectivity index (χ1) is 24.5. The Hall–Kier alpha value is -6.39. The molecule has 4 nitrogen and oxygen atoms in total. The van der Waals surface area contributed by atoms with E-state index in [4.69, 9.17) is 13.8 Å². The third-order valence-electron chi connectivity index (χ3n) is 10.3. The standard InChI is InChI=1S/C46H32N2O2/c1-46(2)38-15-7-6-13-34(38)35-25-23-32(27-39(35)46)48(31-21-19-30(20-22-31)29-11-4-3-5-12-29)33-24-26-36-43(28-33)49-42-18-10-14-37(44(36)42)45-47-40-16-8-9-17-41(40)50-45/h3-28H,1-2H3. The SMILES string of the molecule is CC1(C)c2ccccc2-c2ccc(N(c3ccc(-c4ccccc4)cc3)c3ccc4c(c3)oc3cccc(-c5nc6ccccc6o5)c34)cc21. The molecule has 0 amide bonds. The van der Waals surface area contributed by atoms with Crippen LogP contribution in [-0.4, -0.2) is 4.98 Å². The number of oxazole rings is 1. The van der Waals surface area contributed by atoms with Crippen molar-refractivity contribution in [2.45, 2.75) is 19.3 Å². The minimum Gasteiger partial charge on any atom is -0.456 e. The van der Waals surface area contributed by atoms with E-state index in [2.05, 4.69) is 140 Å². The summed E-state index contributed by atoms with van der Waals surface area (Å²) in [6.45, 7) is 4.66. The number of rotatable bonds is 5. The highest BCUT2D eigenvalue weighted by atomic mass is 16.3. The molecule has 0 radical (unpaired) electrons. The molecule has 0 unspecified atom stereocenters. The lowest BCUT2D eigenvalue weighted by Crippen LogP contribution is -2.16. The van der Waals surface area contributed by atoms with Crippen LogP contribution in [0.15, 0.2) is 167 Å². The van der Waals surface area contributed by atoms with Crippen LogP contribution < -0.4 is 4.90 Å². The lowest BCUT2D eigenvalue weighted by molar-refractivity contribution is 0.620. The molecule has 7 aromatic carbocycles. The lowest BCUT2D eigenvalue weighted by Gasteiger charge is -2.28. The summed E-state index contributed by atoms with van der Waals surface area (Å²) in [5.41, 5.74) is 14.9. The average molecular weight is 645 g/mol. The summed E-state index contributed by atoms with van der Waals surface area (Å²) in [6, 6.07) is 55.5. The molecule has 0 fully saturated rings. The number of aromatic nitrogens is 1. The van der Waals surface area contributed by atoms with Gasteiger partial charge in [0.25, 0.3) is 0 Å². The molecule has 2 heterocycles. The number of para-hydroxylation sites is 2. The van der Waals surface area contributed by atoms with Gasteiger partial charge >= 0.3 is 0 Å². The maximum Gasteiger partial charge on any atom is 0.228 e. The monoisotopic (exact) mass is 644 g/mol. The summed E-state index contributed by atoms with van der Waals surface area (Å²) < 4.78 is 12.8. The second kappa shape index (κ2) is 10.8. The fraction of sp³-hybridized carbons (Fsp3) is 0.0652. The molecule has 50 heavy (non-hydrogen) atoms. The molecule has 1 aliphatic carbocycles. The first-order valence-corrected chi connectivity index (χ1v) is 17.0. The van der Waals surface area contributed by atoms with Crippen LogP contribution in [-0.2, 0) is 5.41 Å². The summed E-state index contributed by atoms with van der Waals surface area (Å²) >= 11 is 0. The van der Waals surface area contributed by atoms with Crippen molar-refractivity contribution in [2.75, 3.05) is 4.90 Å². The summed E-state index contributed by atoms with van der Waals surface area (Å²) in [7, 11) is 0. The predicted octanol–water partition coefficient (Wildman–Crippen LogP) is 12.8. The molecule has 0 spiro atoms. The number of benzene rings is 7. The number of anilines is 3. The molecular formula is C46H32N2O2. The van der Waals surface area contributed by atoms with E-state index in [0.717, 1.165) is 55.7 Å². The Kier molecular flexibility index (Phi) is 6.19.